The highest BCUT2D eigenvalue weighted by atomic mass is 16.2. The molecule has 2 aromatic carbocycles. The van der Waals surface area contributed by atoms with Crippen LogP contribution in [0.3, 0.4) is 0 Å². The van der Waals surface area contributed by atoms with Crippen molar-refractivity contribution >= 4 is 23.4 Å². The van der Waals surface area contributed by atoms with Gasteiger partial charge in [-0.15, -0.1) is 0 Å². The van der Waals surface area contributed by atoms with E-state index in [0.29, 0.717) is 11.3 Å². The number of nitrogens with zero attached hydrogens (tertiary/aromatic N) is 1. The molecule has 0 saturated heterocycles. The van der Waals surface area contributed by atoms with Gasteiger partial charge in [-0.05, 0) is 52.4 Å². The van der Waals surface area contributed by atoms with E-state index in [0.717, 1.165) is 5.56 Å². The highest BCUT2D eigenvalue weighted by Gasteiger charge is 2.18. The molecule has 0 aliphatic rings. The Labute approximate surface area is 184 Å². The molecule has 3 N–H and O–H groups in total. The SMILES string of the molecule is C[C@@H](NC(=O)c1ccccc1NC(=O)CN(C)CC(=O)NC(C)(C)C)c1ccccc1. The summed E-state index contributed by atoms with van der Waals surface area (Å²) < 4.78 is 0. The Kier molecular flexibility index (Phi) is 8.33. The quantitative estimate of drug-likeness (QED) is 0.608. The fourth-order valence-corrected chi connectivity index (χ4v) is 3.08. The molecule has 0 fully saturated rings. The standard InChI is InChI=1S/C24H32N4O3/c1-17(18-11-7-6-8-12-18)25-23(31)19-13-9-10-14-20(19)26-21(29)15-28(5)16-22(30)27-24(2,3)4/h6-14,17H,15-16H2,1-5H3,(H,25,31)(H,26,29)(H,27,30)/t17-/m1/s1. The summed E-state index contributed by atoms with van der Waals surface area (Å²) in [6, 6.07) is 16.4. The van der Waals surface area contributed by atoms with Gasteiger partial charge in [-0.25, -0.2) is 0 Å². The van der Waals surface area contributed by atoms with Crippen molar-refractivity contribution in [2.75, 3.05) is 25.5 Å². The molecule has 0 aliphatic heterocycles. The van der Waals surface area contributed by atoms with Crippen LogP contribution in [0.25, 0.3) is 0 Å². The third kappa shape index (κ3) is 8.22. The number of rotatable bonds is 8. The van der Waals surface area contributed by atoms with E-state index >= 15 is 0 Å². The van der Waals surface area contributed by atoms with Crippen LogP contribution in [0.1, 0.15) is 49.7 Å². The lowest BCUT2D eigenvalue weighted by molar-refractivity contribution is -0.124. The zero-order valence-corrected chi connectivity index (χ0v) is 18.9. The molecule has 7 nitrogen and oxygen atoms in total. The number of carbonyl (C=O) groups excluding carboxylic acids is 3. The molecule has 3 amide bonds. The molecule has 0 heterocycles. The highest BCUT2D eigenvalue weighted by Crippen LogP contribution is 2.18. The van der Waals surface area contributed by atoms with E-state index in [4.69, 9.17) is 0 Å². The number of likely N-dealkylation sites (N-methyl/N-ethyl adjacent to an activating group) is 1. The number of hydrogen-bond acceptors (Lipinski definition) is 4. The predicted octanol–water partition coefficient (Wildman–Crippen LogP) is 2.96. The van der Waals surface area contributed by atoms with Gasteiger partial charge in [0, 0.05) is 5.54 Å². The van der Waals surface area contributed by atoms with Gasteiger partial charge in [0.25, 0.3) is 5.91 Å². The van der Waals surface area contributed by atoms with Crippen molar-refractivity contribution in [2.24, 2.45) is 0 Å². The topological polar surface area (TPSA) is 90.5 Å². The minimum Gasteiger partial charge on any atom is -0.350 e. The minimum atomic E-state index is -0.330. The van der Waals surface area contributed by atoms with E-state index in [2.05, 4.69) is 16.0 Å². The maximum atomic E-state index is 12.8. The van der Waals surface area contributed by atoms with Crippen molar-refractivity contribution in [2.45, 2.75) is 39.3 Å². The van der Waals surface area contributed by atoms with Crippen molar-refractivity contribution in [3.05, 3.63) is 65.7 Å². The van der Waals surface area contributed by atoms with Gasteiger partial charge >= 0.3 is 0 Å². The van der Waals surface area contributed by atoms with E-state index in [1.165, 1.54) is 0 Å². The molecule has 31 heavy (non-hydrogen) atoms. The van der Waals surface area contributed by atoms with Gasteiger partial charge in [-0.1, -0.05) is 42.5 Å². The van der Waals surface area contributed by atoms with Crippen molar-refractivity contribution in [3.63, 3.8) is 0 Å². The van der Waals surface area contributed by atoms with Gasteiger partial charge in [-0.2, -0.15) is 0 Å². The summed E-state index contributed by atoms with van der Waals surface area (Å²) in [4.78, 5) is 39.0. The second-order valence-corrected chi connectivity index (χ2v) is 8.67. The first kappa shape index (κ1) is 24.1. The lowest BCUT2D eigenvalue weighted by atomic mass is 10.1. The summed E-state index contributed by atoms with van der Waals surface area (Å²) in [5.41, 5.74) is 1.47. The number of anilines is 1. The van der Waals surface area contributed by atoms with Crippen LogP contribution in [0.2, 0.25) is 0 Å². The molecule has 7 heteroatoms. The summed E-state index contributed by atoms with van der Waals surface area (Å²) in [5, 5.41) is 8.61. The largest absolute Gasteiger partial charge is 0.350 e. The molecule has 0 spiro atoms. The Morgan fingerprint density at radius 3 is 2.13 bits per heavy atom. The lowest BCUT2D eigenvalue weighted by Crippen LogP contribution is -2.46. The first-order chi connectivity index (χ1) is 14.5. The van der Waals surface area contributed by atoms with E-state index in [-0.39, 0.29) is 42.4 Å². The van der Waals surface area contributed by atoms with Crippen LogP contribution < -0.4 is 16.0 Å². The molecule has 1 atom stereocenters. The zero-order chi connectivity index (χ0) is 23.0. The smallest absolute Gasteiger partial charge is 0.253 e. The van der Waals surface area contributed by atoms with Gasteiger partial charge in [0.15, 0.2) is 0 Å². The molecule has 2 rings (SSSR count). The molecule has 0 aliphatic carbocycles. The number of hydrogen-bond donors (Lipinski definition) is 3. The van der Waals surface area contributed by atoms with Crippen LogP contribution in [0.4, 0.5) is 5.69 Å². The van der Waals surface area contributed by atoms with E-state index in [1.54, 1.807) is 36.2 Å². The van der Waals surface area contributed by atoms with Crippen LogP contribution in [0.15, 0.2) is 54.6 Å². The predicted molar refractivity (Wildman–Crippen MR) is 123 cm³/mol. The first-order valence-corrected chi connectivity index (χ1v) is 10.3. The molecule has 0 radical (unpaired) electrons. The molecule has 2 aromatic rings. The second kappa shape index (κ2) is 10.7. The molecule has 166 valence electrons. The Morgan fingerprint density at radius 1 is 0.903 bits per heavy atom. The summed E-state index contributed by atoms with van der Waals surface area (Å²) in [6.07, 6.45) is 0. The molecule has 0 aromatic heterocycles. The molecule has 0 bridgehead atoms. The van der Waals surface area contributed by atoms with Crippen LogP contribution in [-0.2, 0) is 9.59 Å². The molecule has 0 unspecified atom stereocenters. The third-order valence-corrected chi connectivity index (χ3v) is 4.43. The third-order valence-electron chi connectivity index (χ3n) is 4.43. The molecular weight excluding hydrogens is 392 g/mol. The number of carbonyl (C=O) groups is 3. The van der Waals surface area contributed by atoms with E-state index < -0.39 is 0 Å². The second-order valence-electron chi connectivity index (χ2n) is 8.67. The van der Waals surface area contributed by atoms with Crippen LogP contribution in [0.5, 0.6) is 0 Å². The summed E-state index contributed by atoms with van der Waals surface area (Å²) in [7, 11) is 1.70. The fraction of sp³-hybridized carbons (Fsp3) is 0.375. The van der Waals surface area contributed by atoms with Crippen molar-refractivity contribution in [1.29, 1.82) is 0 Å². The van der Waals surface area contributed by atoms with E-state index in [9.17, 15) is 14.4 Å². The number of amides is 3. The van der Waals surface area contributed by atoms with Gasteiger partial charge in [-0.3, -0.25) is 19.3 Å². The number of benzene rings is 2. The Balaban J connectivity index is 1.97. The van der Waals surface area contributed by atoms with Gasteiger partial charge in [0.05, 0.1) is 30.4 Å². The lowest BCUT2D eigenvalue weighted by Gasteiger charge is -2.23. The Morgan fingerprint density at radius 2 is 1.48 bits per heavy atom. The Hall–Kier alpha value is -3.19. The fourth-order valence-electron chi connectivity index (χ4n) is 3.08. The van der Waals surface area contributed by atoms with E-state index in [1.807, 2.05) is 58.0 Å². The first-order valence-electron chi connectivity index (χ1n) is 10.3. The molecule has 0 saturated carbocycles. The monoisotopic (exact) mass is 424 g/mol. The molecular formula is C24H32N4O3. The van der Waals surface area contributed by atoms with Gasteiger partial charge in [0.2, 0.25) is 11.8 Å². The average Bonchev–Trinajstić information content (AvgIpc) is 2.67. The van der Waals surface area contributed by atoms with Crippen molar-refractivity contribution < 1.29 is 14.4 Å². The maximum Gasteiger partial charge on any atom is 0.253 e. The maximum absolute atomic E-state index is 12.8. The summed E-state index contributed by atoms with van der Waals surface area (Å²) in [5.74, 6) is -0.731. The normalized spacial score (nSPS) is 12.2. The van der Waals surface area contributed by atoms with Crippen molar-refractivity contribution in [1.82, 2.24) is 15.5 Å². The van der Waals surface area contributed by atoms with Gasteiger partial charge in [0.1, 0.15) is 0 Å². The summed E-state index contributed by atoms with van der Waals surface area (Å²) in [6.45, 7) is 7.73. The van der Waals surface area contributed by atoms with Crippen LogP contribution in [0, 0.1) is 0 Å². The number of nitrogens with one attached hydrogen (secondary N) is 3. The summed E-state index contributed by atoms with van der Waals surface area (Å²) >= 11 is 0. The highest BCUT2D eigenvalue weighted by molar-refractivity contribution is 6.04. The van der Waals surface area contributed by atoms with Crippen molar-refractivity contribution in [3.8, 4) is 0 Å². The van der Waals surface area contributed by atoms with Crippen LogP contribution >= 0.6 is 0 Å². The van der Waals surface area contributed by atoms with Crippen LogP contribution in [-0.4, -0.2) is 48.3 Å². The minimum absolute atomic E-state index is 0.0218. The zero-order valence-electron chi connectivity index (χ0n) is 18.9. The average molecular weight is 425 g/mol. The Bertz CT molecular complexity index is 907. The number of para-hydroxylation sites is 1. The van der Waals surface area contributed by atoms with Gasteiger partial charge < -0.3 is 16.0 Å².